The van der Waals surface area contributed by atoms with E-state index in [0.717, 1.165) is 5.56 Å². The van der Waals surface area contributed by atoms with E-state index in [1.54, 1.807) is 0 Å². The Labute approximate surface area is 103 Å². The average Bonchev–Trinajstić information content (AvgIpc) is 2.38. The van der Waals surface area contributed by atoms with Crippen molar-refractivity contribution >= 4 is 6.08 Å². The molecule has 0 aliphatic rings. The fourth-order valence-electron chi connectivity index (χ4n) is 1.49. The molecule has 0 N–H and O–H groups in total. The molecule has 0 spiro atoms. The lowest BCUT2D eigenvalue weighted by Crippen LogP contribution is -2.12. The molecule has 0 radical (unpaired) electrons. The molecule has 1 rings (SSSR count). The molecule has 0 atom stereocenters. The van der Waals surface area contributed by atoms with E-state index in [4.69, 9.17) is 10.5 Å². The quantitative estimate of drug-likeness (QED) is 0.780. The van der Waals surface area contributed by atoms with Gasteiger partial charge in [-0.2, -0.15) is 10.5 Å². The standard InChI is InChI=1S/C15H16N2/c1-3-15(11-16,12-17)10-4-5-14-8-6-13(2)7-9-14/h4-9H,3,10H2,1-2H3/b5-4+. The van der Waals surface area contributed by atoms with Crippen LogP contribution in [-0.4, -0.2) is 0 Å². The molecule has 0 aromatic heterocycles. The van der Waals surface area contributed by atoms with E-state index in [0.29, 0.717) is 12.8 Å². The lowest BCUT2D eigenvalue weighted by molar-refractivity contribution is 0.511. The third-order valence-electron chi connectivity index (χ3n) is 2.89. The van der Waals surface area contributed by atoms with Gasteiger partial charge in [0.15, 0.2) is 0 Å². The molecule has 0 bridgehead atoms. The third kappa shape index (κ3) is 3.47. The van der Waals surface area contributed by atoms with Gasteiger partial charge >= 0.3 is 0 Å². The fourth-order valence-corrected chi connectivity index (χ4v) is 1.49. The van der Waals surface area contributed by atoms with E-state index < -0.39 is 5.41 Å². The van der Waals surface area contributed by atoms with Crippen LogP contribution >= 0.6 is 0 Å². The number of benzene rings is 1. The highest BCUT2D eigenvalue weighted by Crippen LogP contribution is 2.25. The summed E-state index contributed by atoms with van der Waals surface area (Å²) in [6.45, 7) is 3.91. The number of allylic oxidation sites excluding steroid dienone is 1. The van der Waals surface area contributed by atoms with Crippen LogP contribution in [0.3, 0.4) is 0 Å². The Balaban J connectivity index is 2.71. The van der Waals surface area contributed by atoms with Crippen molar-refractivity contribution in [3.05, 3.63) is 41.5 Å². The molecule has 86 valence electrons. The van der Waals surface area contributed by atoms with Crippen molar-refractivity contribution in [2.24, 2.45) is 5.41 Å². The van der Waals surface area contributed by atoms with Crippen molar-refractivity contribution in [3.63, 3.8) is 0 Å². The van der Waals surface area contributed by atoms with Gasteiger partial charge in [-0.15, -0.1) is 0 Å². The summed E-state index contributed by atoms with van der Waals surface area (Å²) in [4.78, 5) is 0. The maximum atomic E-state index is 9.00. The van der Waals surface area contributed by atoms with Gasteiger partial charge in [0.25, 0.3) is 0 Å². The normalized spacial score (nSPS) is 11.1. The summed E-state index contributed by atoms with van der Waals surface area (Å²) < 4.78 is 0. The SMILES string of the molecule is CCC(C#N)(C#N)C/C=C/c1ccc(C)cc1. The molecule has 0 fully saturated rings. The molecule has 1 aromatic carbocycles. The number of nitriles is 2. The Morgan fingerprint density at radius 3 is 2.24 bits per heavy atom. The van der Waals surface area contributed by atoms with Crippen LogP contribution in [0.25, 0.3) is 6.08 Å². The van der Waals surface area contributed by atoms with Gasteiger partial charge in [-0.05, 0) is 25.3 Å². The predicted molar refractivity (Wildman–Crippen MR) is 68.8 cm³/mol. The van der Waals surface area contributed by atoms with E-state index in [1.807, 2.05) is 50.3 Å². The second kappa shape index (κ2) is 5.87. The van der Waals surface area contributed by atoms with Gasteiger partial charge in [0.2, 0.25) is 0 Å². The number of hydrogen-bond acceptors (Lipinski definition) is 2. The molecule has 0 saturated heterocycles. The van der Waals surface area contributed by atoms with Gasteiger partial charge in [-0.25, -0.2) is 0 Å². The van der Waals surface area contributed by atoms with Crippen LogP contribution < -0.4 is 0 Å². The third-order valence-corrected chi connectivity index (χ3v) is 2.89. The van der Waals surface area contributed by atoms with E-state index >= 15 is 0 Å². The first-order valence-electron chi connectivity index (χ1n) is 5.71. The summed E-state index contributed by atoms with van der Waals surface area (Å²) >= 11 is 0. The Bertz CT molecular complexity index is 455. The van der Waals surface area contributed by atoms with Crippen molar-refractivity contribution in [3.8, 4) is 12.1 Å². The Kier molecular flexibility index (Phi) is 4.49. The molecule has 0 saturated carbocycles. The summed E-state index contributed by atoms with van der Waals surface area (Å²) in [7, 11) is 0. The largest absolute Gasteiger partial charge is 0.197 e. The molecule has 0 aliphatic heterocycles. The smallest absolute Gasteiger partial charge is 0.147 e. The van der Waals surface area contributed by atoms with Crippen LogP contribution in [0.15, 0.2) is 30.3 Å². The van der Waals surface area contributed by atoms with Crippen molar-refractivity contribution in [1.29, 1.82) is 10.5 Å². The monoisotopic (exact) mass is 224 g/mol. The topological polar surface area (TPSA) is 47.6 Å². The summed E-state index contributed by atoms with van der Waals surface area (Å²) in [5, 5.41) is 18.0. The molecule has 2 heteroatoms. The van der Waals surface area contributed by atoms with Crippen molar-refractivity contribution in [1.82, 2.24) is 0 Å². The van der Waals surface area contributed by atoms with E-state index in [1.165, 1.54) is 5.56 Å². The Morgan fingerprint density at radius 1 is 1.18 bits per heavy atom. The van der Waals surface area contributed by atoms with Crippen LogP contribution in [0.4, 0.5) is 0 Å². The first-order chi connectivity index (χ1) is 8.15. The lowest BCUT2D eigenvalue weighted by atomic mass is 9.85. The predicted octanol–water partition coefficient (Wildman–Crippen LogP) is 3.84. The maximum Gasteiger partial charge on any atom is 0.147 e. The number of aryl methyl sites for hydroxylation is 1. The summed E-state index contributed by atoms with van der Waals surface area (Å²) in [5.74, 6) is 0. The molecular formula is C15H16N2. The highest BCUT2D eigenvalue weighted by atomic mass is 14.4. The molecule has 1 aromatic rings. The van der Waals surface area contributed by atoms with Gasteiger partial charge in [0.05, 0.1) is 12.1 Å². The average molecular weight is 224 g/mol. The van der Waals surface area contributed by atoms with Gasteiger partial charge in [-0.3, -0.25) is 0 Å². The number of hydrogen-bond donors (Lipinski definition) is 0. The van der Waals surface area contributed by atoms with Gasteiger partial charge in [0.1, 0.15) is 5.41 Å². The van der Waals surface area contributed by atoms with Gasteiger partial charge < -0.3 is 0 Å². The minimum atomic E-state index is -0.874. The molecule has 0 aliphatic carbocycles. The van der Waals surface area contributed by atoms with E-state index in [2.05, 4.69) is 12.1 Å². The van der Waals surface area contributed by atoms with Gasteiger partial charge in [0, 0.05) is 0 Å². The molecule has 2 nitrogen and oxygen atoms in total. The van der Waals surface area contributed by atoms with Crippen LogP contribution in [-0.2, 0) is 0 Å². The number of nitrogens with zero attached hydrogens (tertiary/aromatic N) is 2. The van der Waals surface area contributed by atoms with E-state index in [9.17, 15) is 0 Å². The van der Waals surface area contributed by atoms with Crippen LogP contribution in [0, 0.1) is 35.0 Å². The Hall–Kier alpha value is -2.06. The molecule has 17 heavy (non-hydrogen) atoms. The minimum absolute atomic E-state index is 0.477. The molecular weight excluding hydrogens is 208 g/mol. The summed E-state index contributed by atoms with van der Waals surface area (Å²) in [5.41, 5.74) is 1.44. The summed E-state index contributed by atoms with van der Waals surface area (Å²) in [6.07, 6.45) is 4.89. The fraction of sp³-hybridized carbons (Fsp3) is 0.333. The van der Waals surface area contributed by atoms with Crippen LogP contribution in [0.5, 0.6) is 0 Å². The van der Waals surface area contributed by atoms with Crippen molar-refractivity contribution < 1.29 is 0 Å². The maximum absolute atomic E-state index is 9.00. The molecule has 0 heterocycles. The van der Waals surface area contributed by atoms with Crippen LogP contribution in [0.1, 0.15) is 30.9 Å². The second-order valence-electron chi connectivity index (χ2n) is 4.18. The van der Waals surface area contributed by atoms with Gasteiger partial charge in [-0.1, -0.05) is 48.9 Å². The molecule has 0 amide bonds. The second-order valence-corrected chi connectivity index (χ2v) is 4.18. The first-order valence-corrected chi connectivity index (χ1v) is 5.71. The zero-order chi connectivity index (χ0) is 12.7. The highest BCUT2D eigenvalue weighted by molar-refractivity contribution is 5.49. The van der Waals surface area contributed by atoms with Crippen molar-refractivity contribution in [2.75, 3.05) is 0 Å². The summed E-state index contributed by atoms with van der Waals surface area (Å²) in [6, 6.07) is 12.3. The van der Waals surface area contributed by atoms with Crippen molar-refractivity contribution in [2.45, 2.75) is 26.7 Å². The number of rotatable bonds is 4. The Morgan fingerprint density at radius 2 is 1.76 bits per heavy atom. The first kappa shape index (κ1) is 13.0. The zero-order valence-corrected chi connectivity index (χ0v) is 10.3. The zero-order valence-electron chi connectivity index (χ0n) is 10.3. The minimum Gasteiger partial charge on any atom is -0.197 e. The van der Waals surface area contributed by atoms with Crippen LogP contribution in [0.2, 0.25) is 0 Å². The van der Waals surface area contributed by atoms with E-state index in [-0.39, 0.29) is 0 Å². The molecule has 0 unspecified atom stereocenters. The lowest BCUT2D eigenvalue weighted by Gasteiger charge is -2.12. The highest BCUT2D eigenvalue weighted by Gasteiger charge is 2.25.